The molecule has 0 atom stereocenters. The maximum absolute atomic E-state index is 4.70. The minimum absolute atomic E-state index is 0.392. The van der Waals surface area contributed by atoms with Crippen molar-refractivity contribution in [2.45, 2.75) is 40.0 Å². The quantitative estimate of drug-likeness (QED) is 0.800. The maximum atomic E-state index is 4.70. The van der Waals surface area contributed by atoms with E-state index in [4.69, 9.17) is 4.98 Å². The highest BCUT2D eigenvalue weighted by Crippen LogP contribution is 2.33. The van der Waals surface area contributed by atoms with Crippen LogP contribution in [-0.2, 0) is 0 Å². The first-order chi connectivity index (χ1) is 9.51. The predicted molar refractivity (Wildman–Crippen MR) is 90.7 cm³/mol. The Labute approximate surface area is 133 Å². The van der Waals surface area contributed by atoms with Crippen LogP contribution < -0.4 is 5.32 Å². The lowest BCUT2D eigenvalue weighted by atomic mass is 10.1. The lowest BCUT2D eigenvalue weighted by molar-refractivity contribution is 0.816. The molecule has 2 rings (SSSR count). The summed E-state index contributed by atoms with van der Waals surface area (Å²) in [6, 6.07) is 4.16. The zero-order valence-electron chi connectivity index (χ0n) is 12.3. The van der Waals surface area contributed by atoms with Crippen molar-refractivity contribution < 1.29 is 0 Å². The Morgan fingerprint density at radius 3 is 2.60 bits per heavy atom. The maximum Gasteiger partial charge on any atom is 0.171 e. The lowest BCUT2D eigenvalue weighted by Crippen LogP contribution is -2.06. The Morgan fingerprint density at radius 1 is 1.30 bits per heavy atom. The molecule has 0 saturated heterocycles. The van der Waals surface area contributed by atoms with Crippen molar-refractivity contribution in [1.29, 1.82) is 0 Å². The first kappa shape index (κ1) is 15.4. The molecule has 0 aliphatic carbocycles. The lowest BCUT2D eigenvalue weighted by Gasteiger charge is -2.10. The van der Waals surface area contributed by atoms with Gasteiger partial charge in [0.25, 0.3) is 0 Å². The van der Waals surface area contributed by atoms with Gasteiger partial charge in [0.1, 0.15) is 5.82 Å². The SMILES string of the molecule is CCCNc1cc(C(C)C)nc(-c2cc(Br)c(C)s2)n1. The molecule has 5 heteroatoms. The second-order valence-corrected chi connectivity index (χ2v) is 7.21. The molecule has 2 heterocycles. The summed E-state index contributed by atoms with van der Waals surface area (Å²) in [4.78, 5) is 11.7. The van der Waals surface area contributed by atoms with E-state index < -0.39 is 0 Å². The van der Waals surface area contributed by atoms with Crippen molar-refractivity contribution in [1.82, 2.24) is 9.97 Å². The van der Waals surface area contributed by atoms with E-state index in [1.54, 1.807) is 11.3 Å². The molecule has 0 aliphatic heterocycles. The first-order valence-corrected chi connectivity index (χ1v) is 8.51. The molecule has 2 aromatic rings. The van der Waals surface area contributed by atoms with E-state index in [2.05, 4.69) is 66.1 Å². The van der Waals surface area contributed by atoms with Gasteiger partial charge >= 0.3 is 0 Å². The van der Waals surface area contributed by atoms with E-state index in [1.165, 1.54) is 4.88 Å². The number of thiophene rings is 1. The second kappa shape index (κ2) is 6.68. The van der Waals surface area contributed by atoms with E-state index in [1.807, 2.05) is 0 Å². The van der Waals surface area contributed by atoms with Gasteiger partial charge in [-0.05, 0) is 41.3 Å². The van der Waals surface area contributed by atoms with Crippen LogP contribution in [-0.4, -0.2) is 16.5 Å². The van der Waals surface area contributed by atoms with E-state index in [-0.39, 0.29) is 0 Å². The Hall–Kier alpha value is -0.940. The third-order valence-electron chi connectivity index (χ3n) is 2.97. The van der Waals surface area contributed by atoms with E-state index in [0.29, 0.717) is 5.92 Å². The number of hydrogen-bond acceptors (Lipinski definition) is 4. The van der Waals surface area contributed by atoms with Crippen LogP contribution in [0, 0.1) is 6.92 Å². The average Bonchev–Trinajstić information content (AvgIpc) is 2.76. The second-order valence-electron chi connectivity index (χ2n) is 5.10. The molecule has 1 N–H and O–H groups in total. The fraction of sp³-hybridized carbons (Fsp3) is 0.467. The minimum Gasteiger partial charge on any atom is -0.370 e. The van der Waals surface area contributed by atoms with Crippen molar-refractivity contribution in [3.63, 3.8) is 0 Å². The van der Waals surface area contributed by atoms with Gasteiger partial charge in [-0.15, -0.1) is 11.3 Å². The highest BCUT2D eigenvalue weighted by atomic mass is 79.9. The van der Waals surface area contributed by atoms with Crippen molar-refractivity contribution in [2.24, 2.45) is 0 Å². The smallest absolute Gasteiger partial charge is 0.171 e. The van der Waals surface area contributed by atoms with Gasteiger partial charge in [0, 0.05) is 27.7 Å². The monoisotopic (exact) mass is 353 g/mol. The summed E-state index contributed by atoms with van der Waals surface area (Å²) in [6.45, 7) is 9.50. The van der Waals surface area contributed by atoms with Gasteiger partial charge in [-0.3, -0.25) is 0 Å². The van der Waals surface area contributed by atoms with Crippen LogP contribution >= 0.6 is 27.3 Å². The number of anilines is 1. The van der Waals surface area contributed by atoms with Crippen LogP contribution in [0.5, 0.6) is 0 Å². The number of aryl methyl sites for hydroxylation is 1. The largest absolute Gasteiger partial charge is 0.370 e. The van der Waals surface area contributed by atoms with Crippen molar-refractivity contribution in [3.8, 4) is 10.7 Å². The molecule has 0 unspecified atom stereocenters. The van der Waals surface area contributed by atoms with Crippen LogP contribution in [0.25, 0.3) is 10.7 Å². The molecule has 3 nitrogen and oxygen atoms in total. The molecule has 20 heavy (non-hydrogen) atoms. The number of nitrogens with one attached hydrogen (secondary N) is 1. The van der Waals surface area contributed by atoms with Gasteiger partial charge in [0.15, 0.2) is 5.82 Å². The first-order valence-electron chi connectivity index (χ1n) is 6.90. The van der Waals surface area contributed by atoms with Crippen molar-refractivity contribution >= 4 is 33.1 Å². The van der Waals surface area contributed by atoms with Gasteiger partial charge in [0.2, 0.25) is 0 Å². The summed E-state index contributed by atoms with van der Waals surface area (Å²) >= 11 is 5.28. The number of halogens is 1. The van der Waals surface area contributed by atoms with Crippen LogP contribution in [0.3, 0.4) is 0 Å². The summed E-state index contributed by atoms with van der Waals surface area (Å²) in [5.74, 6) is 2.12. The molecule has 0 aliphatic rings. The van der Waals surface area contributed by atoms with E-state index >= 15 is 0 Å². The normalized spacial score (nSPS) is 11.1. The molecular formula is C15H20BrN3S. The molecule has 108 valence electrons. The molecule has 0 aromatic carbocycles. The number of aromatic nitrogens is 2. The Bertz CT molecular complexity index is 573. The third-order valence-corrected chi connectivity index (χ3v) is 5.10. The van der Waals surface area contributed by atoms with Crippen LogP contribution in [0.2, 0.25) is 0 Å². The molecule has 0 saturated carbocycles. The van der Waals surface area contributed by atoms with E-state index in [0.717, 1.165) is 39.7 Å². The zero-order valence-corrected chi connectivity index (χ0v) is 14.7. The standard InChI is InChI=1S/C15H20BrN3S/c1-5-6-17-14-8-12(9(2)3)18-15(19-14)13-7-11(16)10(4)20-13/h7-9H,5-6H2,1-4H3,(H,17,18,19). The number of nitrogens with zero attached hydrogens (tertiary/aromatic N) is 2. The average molecular weight is 354 g/mol. The van der Waals surface area contributed by atoms with Gasteiger partial charge < -0.3 is 5.32 Å². The van der Waals surface area contributed by atoms with Crippen molar-refractivity contribution in [3.05, 3.63) is 27.2 Å². The fourth-order valence-corrected chi connectivity index (χ4v) is 3.25. The fourth-order valence-electron chi connectivity index (χ4n) is 1.79. The summed E-state index contributed by atoms with van der Waals surface area (Å²) in [5, 5.41) is 3.36. The predicted octanol–water partition coefficient (Wildman–Crippen LogP) is 5.22. The van der Waals surface area contributed by atoms with Gasteiger partial charge in [-0.2, -0.15) is 0 Å². The molecule has 0 spiro atoms. The topological polar surface area (TPSA) is 37.8 Å². The Balaban J connectivity index is 2.43. The van der Waals surface area contributed by atoms with Gasteiger partial charge in [-0.1, -0.05) is 20.8 Å². The minimum atomic E-state index is 0.392. The molecule has 0 amide bonds. The highest BCUT2D eigenvalue weighted by Gasteiger charge is 2.12. The van der Waals surface area contributed by atoms with Crippen LogP contribution in [0.4, 0.5) is 5.82 Å². The molecule has 0 bridgehead atoms. The van der Waals surface area contributed by atoms with Crippen molar-refractivity contribution in [2.75, 3.05) is 11.9 Å². The molecule has 0 radical (unpaired) electrons. The summed E-state index contributed by atoms with van der Waals surface area (Å²) in [6.07, 6.45) is 1.08. The molecule has 2 aromatic heterocycles. The Kier molecular flexibility index (Phi) is 5.16. The number of hydrogen-bond donors (Lipinski definition) is 1. The van der Waals surface area contributed by atoms with E-state index in [9.17, 15) is 0 Å². The highest BCUT2D eigenvalue weighted by molar-refractivity contribution is 9.10. The summed E-state index contributed by atoms with van der Waals surface area (Å²) in [7, 11) is 0. The van der Waals surface area contributed by atoms with Crippen LogP contribution in [0.1, 0.15) is 43.7 Å². The summed E-state index contributed by atoms with van der Waals surface area (Å²) < 4.78 is 1.12. The van der Waals surface area contributed by atoms with Crippen LogP contribution in [0.15, 0.2) is 16.6 Å². The van der Waals surface area contributed by atoms with Gasteiger partial charge in [-0.25, -0.2) is 9.97 Å². The zero-order chi connectivity index (χ0) is 14.7. The Morgan fingerprint density at radius 2 is 2.05 bits per heavy atom. The summed E-state index contributed by atoms with van der Waals surface area (Å²) in [5.41, 5.74) is 1.08. The molecule has 0 fully saturated rings. The third kappa shape index (κ3) is 3.58. The van der Waals surface area contributed by atoms with Gasteiger partial charge in [0.05, 0.1) is 4.88 Å². The number of rotatable bonds is 5. The molecular weight excluding hydrogens is 334 g/mol.